The van der Waals surface area contributed by atoms with Gasteiger partial charge in [-0.05, 0) is 30.5 Å². The van der Waals surface area contributed by atoms with Crippen LogP contribution in [0.5, 0.6) is 0 Å². The van der Waals surface area contributed by atoms with E-state index in [0.717, 1.165) is 70.4 Å². The molecule has 1 N–H and O–H groups in total. The average Bonchev–Trinajstić information content (AvgIpc) is 3.46. The molecule has 4 rings (SSSR count). The third-order valence-electron chi connectivity index (χ3n) is 5.44. The first kappa shape index (κ1) is 21.2. The summed E-state index contributed by atoms with van der Waals surface area (Å²) in [7, 11) is 1.98. The number of ether oxygens (including phenoxy) is 1. The number of nitrogens with zero attached hydrogens (tertiary/aromatic N) is 4. The molecule has 28 heavy (non-hydrogen) atoms. The largest absolute Gasteiger partial charge is 0.469 e. The Morgan fingerprint density at radius 1 is 1.39 bits per heavy atom. The van der Waals surface area contributed by atoms with Crippen LogP contribution in [0.1, 0.15) is 30.1 Å². The van der Waals surface area contributed by atoms with Gasteiger partial charge in [0.05, 0.1) is 19.1 Å². The summed E-state index contributed by atoms with van der Waals surface area (Å²) in [6, 6.07) is 3.95. The number of furan rings is 1. The Balaban J connectivity index is 0.00000225. The van der Waals surface area contributed by atoms with Gasteiger partial charge in [-0.1, -0.05) is 0 Å². The molecule has 0 amide bonds. The lowest BCUT2D eigenvalue weighted by atomic mass is 10.0. The minimum atomic E-state index is 0. The molecule has 154 valence electrons. The lowest BCUT2D eigenvalue weighted by molar-refractivity contribution is 0.187. The van der Waals surface area contributed by atoms with E-state index in [1.54, 1.807) is 6.26 Å². The summed E-state index contributed by atoms with van der Waals surface area (Å²) in [5.74, 6) is 3.08. The maximum atomic E-state index is 5.50. The Hall–Kier alpha value is -1.55. The number of likely N-dealkylation sites (tertiary alicyclic amines) is 1. The van der Waals surface area contributed by atoms with E-state index in [1.165, 1.54) is 5.56 Å². The third-order valence-corrected chi connectivity index (χ3v) is 5.44. The molecule has 0 saturated carbocycles. The summed E-state index contributed by atoms with van der Waals surface area (Å²) in [6.45, 7) is 5.36. The molecule has 2 fully saturated rings. The highest BCUT2D eigenvalue weighted by atomic mass is 127. The molecule has 2 aliphatic heterocycles. The maximum absolute atomic E-state index is 5.50. The van der Waals surface area contributed by atoms with E-state index >= 15 is 0 Å². The van der Waals surface area contributed by atoms with Crippen molar-refractivity contribution in [3.63, 3.8) is 0 Å². The van der Waals surface area contributed by atoms with Crippen LogP contribution >= 0.6 is 24.0 Å². The number of nitrogens with one attached hydrogen (secondary N) is 1. The Bertz CT molecular complexity index is 740. The number of aryl methyl sites for hydroxylation is 1. The van der Waals surface area contributed by atoms with Gasteiger partial charge >= 0.3 is 0 Å². The Morgan fingerprint density at radius 3 is 3.04 bits per heavy atom. The Morgan fingerprint density at radius 2 is 2.32 bits per heavy atom. The highest BCUT2D eigenvalue weighted by Crippen LogP contribution is 2.26. The second-order valence-electron chi connectivity index (χ2n) is 7.53. The van der Waals surface area contributed by atoms with Gasteiger partial charge in [-0.2, -0.15) is 5.10 Å². The molecule has 0 radical (unpaired) electrons. The Kier molecular flexibility index (Phi) is 7.78. The summed E-state index contributed by atoms with van der Waals surface area (Å²) in [5, 5.41) is 7.88. The minimum absolute atomic E-state index is 0. The molecular weight excluding hydrogens is 469 g/mol. The summed E-state index contributed by atoms with van der Waals surface area (Å²) in [6.07, 6.45) is 8.96. The van der Waals surface area contributed by atoms with Crippen LogP contribution < -0.4 is 5.32 Å². The second kappa shape index (κ2) is 10.3. The number of guanidine groups is 1. The minimum Gasteiger partial charge on any atom is -0.469 e. The predicted molar refractivity (Wildman–Crippen MR) is 119 cm³/mol. The number of rotatable bonds is 6. The van der Waals surface area contributed by atoms with Gasteiger partial charge in [-0.25, -0.2) is 0 Å². The van der Waals surface area contributed by atoms with Gasteiger partial charge in [-0.15, -0.1) is 24.0 Å². The first-order chi connectivity index (χ1) is 13.3. The second-order valence-corrected chi connectivity index (χ2v) is 7.53. The number of aromatic nitrogens is 2. The fraction of sp³-hybridized carbons (Fsp3) is 0.600. The third kappa shape index (κ3) is 5.50. The molecule has 2 saturated heterocycles. The van der Waals surface area contributed by atoms with E-state index in [1.807, 2.05) is 30.1 Å². The average molecular weight is 499 g/mol. The highest BCUT2D eigenvalue weighted by molar-refractivity contribution is 14.0. The number of hydrogen-bond donors (Lipinski definition) is 1. The molecular formula is C20H30IN5O2. The fourth-order valence-corrected chi connectivity index (χ4v) is 3.84. The molecule has 2 aromatic heterocycles. The van der Waals surface area contributed by atoms with Gasteiger partial charge in [0.15, 0.2) is 5.96 Å². The molecule has 0 aromatic carbocycles. The van der Waals surface area contributed by atoms with Crippen molar-refractivity contribution in [1.82, 2.24) is 20.0 Å². The fourth-order valence-electron chi connectivity index (χ4n) is 3.84. The first-order valence-electron chi connectivity index (χ1n) is 9.90. The first-order valence-corrected chi connectivity index (χ1v) is 9.90. The Labute approximate surface area is 183 Å². The molecule has 2 atom stereocenters. The van der Waals surface area contributed by atoms with Crippen molar-refractivity contribution in [2.24, 2.45) is 18.0 Å². The zero-order valence-corrected chi connectivity index (χ0v) is 18.7. The van der Waals surface area contributed by atoms with E-state index in [4.69, 9.17) is 14.1 Å². The van der Waals surface area contributed by atoms with Crippen molar-refractivity contribution in [2.75, 3.05) is 39.4 Å². The van der Waals surface area contributed by atoms with Crippen molar-refractivity contribution in [2.45, 2.75) is 25.2 Å². The molecule has 4 heterocycles. The smallest absolute Gasteiger partial charge is 0.193 e. The van der Waals surface area contributed by atoms with E-state index in [-0.39, 0.29) is 24.0 Å². The van der Waals surface area contributed by atoms with Crippen molar-refractivity contribution >= 4 is 29.9 Å². The van der Waals surface area contributed by atoms with Crippen LogP contribution in [0.15, 0.2) is 40.2 Å². The van der Waals surface area contributed by atoms with Gasteiger partial charge in [0.25, 0.3) is 0 Å². The number of aliphatic imine (C=N–C) groups is 1. The van der Waals surface area contributed by atoms with Gasteiger partial charge in [-0.3, -0.25) is 9.67 Å². The lowest BCUT2D eigenvalue weighted by Crippen LogP contribution is -2.41. The molecule has 0 spiro atoms. The summed E-state index contributed by atoms with van der Waals surface area (Å²) < 4.78 is 12.8. The zero-order chi connectivity index (χ0) is 18.5. The standard InChI is InChI=1S/C20H29N5O2.HI/c1-24-13-18(12-23-24)17-5-8-25(14-17)20(22-11-16-6-10-26-15-16)21-7-4-19-3-2-9-27-19;/h2-3,9,12-13,16-17H,4-8,10-11,14-15H2,1H3,(H,21,22);1H. The number of halogens is 1. The van der Waals surface area contributed by atoms with Gasteiger partial charge in [0.1, 0.15) is 5.76 Å². The van der Waals surface area contributed by atoms with Gasteiger partial charge < -0.3 is 19.4 Å². The van der Waals surface area contributed by atoms with Crippen molar-refractivity contribution in [3.8, 4) is 0 Å². The van der Waals surface area contributed by atoms with E-state index < -0.39 is 0 Å². The van der Waals surface area contributed by atoms with Crippen LogP contribution in [0.25, 0.3) is 0 Å². The van der Waals surface area contributed by atoms with Crippen molar-refractivity contribution in [1.29, 1.82) is 0 Å². The quantitative estimate of drug-likeness (QED) is 0.376. The number of hydrogen-bond acceptors (Lipinski definition) is 4. The molecule has 2 unspecified atom stereocenters. The molecule has 2 aromatic rings. The predicted octanol–water partition coefficient (Wildman–Crippen LogP) is 2.65. The molecule has 2 aliphatic rings. The van der Waals surface area contributed by atoms with Crippen molar-refractivity contribution in [3.05, 3.63) is 42.1 Å². The molecule has 0 bridgehead atoms. The van der Waals surface area contributed by atoms with Crippen LogP contribution in [0.3, 0.4) is 0 Å². The van der Waals surface area contributed by atoms with Crippen LogP contribution in [0.4, 0.5) is 0 Å². The summed E-state index contributed by atoms with van der Waals surface area (Å²) >= 11 is 0. The van der Waals surface area contributed by atoms with Gasteiger partial charge in [0, 0.05) is 64.3 Å². The molecule has 7 nitrogen and oxygen atoms in total. The SMILES string of the molecule is Cn1cc(C2CCN(C(=NCC3CCOC3)NCCc3ccco3)C2)cn1.I. The summed E-state index contributed by atoms with van der Waals surface area (Å²) in [5.41, 5.74) is 1.32. The maximum Gasteiger partial charge on any atom is 0.193 e. The van der Waals surface area contributed by atoms with Crippen LogP contribution in [0.2, 0.25) is 0 Å². The van der Waals surface area contributed by atoms with Crippen molar-refractivity contribution < 1.29 is 9.15 Å². The van der Waals surface area contributed by atoms with Gasteiger partial charge in [0.2, 0.25) is 0 Å². The topological polar surface area (TPSA) is 67.8 Å². The van der Waals surface area contributed by atoms with E-state index in [2.05, 4.69) is 21.5 Å². The normalized spacial score (nSPS) is 22.5. The monoisotopic (exact) mass is 499 g/mol. The highest BCUT2D eigenvalue weighted by Gasteiger charge is 2.27. The van der Waals surface area contributed by atoms with Crippen LogP contribution in [-0.4, -0.2) is 60.0 Å². The zero-order valence-electron chi connectivity index (χ0n) is 16.4. The molecule has 0 aliphatic carbocycles. The van der Waals surface area contributed by atoms with E-state index in [0.29, 0.717) is 11.8 Å². The lowest BCUT2D eigenvalue weighted by Gasteiger charge is -2.22. The van der Waals surface area contributed by atoms with Crippen LogP contribution in [0, 0.1) is 5.92 Å². The van der Waals surface area contributed by atoms with E-state index in [9.17, 15) is 0 Å². The summed E-state index contributed by atoms with van der Waals surface area (Å²) in [4.78, 5) is 7.32. The van der Waals surface area contributed by atoms with Crippen LogP contribution in [-0.2, 0) is 18.2 Å². The molecule has 8 heteroatoms.